The highest BCUT2D eigenvalue weighted by Gasteiger charge is 2.07. The van der Waals surface area contributed by atoms with Gasteiger partial charge in [-0.25, -0.2) is 5.11 Å². The first-order chi connectivity index (χ1) is 7.85. The molecule has 0 aliphatic heterocycles. The predicted molar refractivity (Wildman–Crippen MR) is 71.2 cm³/mol. The molecule has 1 unspecified atom stereocenters. The Morgan fingerprint density at radius 1 is 0.688 bits per heavy atom. The molecule has 0 aliphatic rings. The lowest BCUT2D eigenvalue weighted by Gasteiger charge is -2.15. The van der Waals surface area contributed by atoms with Gasteiger partial charge < -0.3 is 0 Å². The summed E-state index contributed by atoms with van der Waals surface area (Å²) >= 11 is 0. The average Bonchev–Trinajstić information content (AvgIpc) is 2.31. The lowest BCUT2D eigenvalue weighted by molar-refractivity contribution is 0.177. The Bertz CT molecular complexity index is 123. The summed E-state index contributed by atoms with van der Waals surface area (Å²) in [5, 5.41) is 10.5. The first-order valence-corrected chi connectivity index (χ1v) is 7.43. The van der Waals surface area contributed by atoms with Crippen LogP contribution in [0.2, 0.25) is 0 Å². The van der Waals surface area contributed by atoms with Crippen LogP contribution in [0.25, 0.3) is 0 Å². The fourth-order valence-electron chi connectivity index (χ4n) is 2.35. The molecule has 0 bridgehead atoms. The van der Waals surface area contributed by atoms with E-state index < -0.39 is 0 Å². The summed E-state index contributed by atoms with van der Waals surface area (Å²) in [6.07, 6.45) is 14.3. The molecule has 0 amide bonds. The van der Waals surface area contributed by atoms with E-state index in [1.165, 1.54) is 64.2 Å². The maximum absolute atomic E-state index is 10.5. The normalized spacial score (nSPS) is 12.9. The van der Waals surface area contributed by atoms with Crippen molar-refractivity contribution in [2.45, 2.75) is 84.5 Å². The van der Waals surface area contributed by atoms with Crippen molar-refractivity contribution in [3.05, 3.63) is 0 Å². The largest absolute Gasteiger partial charge is 0.237 e. The first-order valence-electron chi connectivity index (χ1n) is 7.43. The Morgan fingerprint density at radius 2 is 1.19 bits per heavy atom. The van der Waals surface area contributed by atoms with Crippen molar-refractivity contribution in [1.29, 1.82) is 0 Å². The van der Waals surface area contributed by atoms with Crippen molar-refractivity contribution in [1.82, 2.24) is 0 Å². The Balaban J connectivity index is 3.54. The molecule has 0 fully saturated rings. The minimum absolute atomic E-state index is 0.124. The Morgan fingerprint density at radius 3 is 1.75 bits per heavy atom. The van der Waals surface area contributed by atoms with Gasteiger partial charge in [-0.15, -0.1) is 0 Å². The molecule has 0 aromatic heterocycles. The van der Waals surface area contributed by atoms with Crippen LogP contribution >= 0.6 is 0 Å². The van der Waals surface area contributed by atoms with E-state index in [0.717, 1.165) is 12.3 Å². The van der Waals surface area contributed by atoms with E-state index in [0.29, 0.717) is 0 Å². The molecule has 97 valence electrons. The zero-order chi connectivity index (χ0) is 12.1. The molecule has 1 heteroatoms. The number of unbranched alkanes of at least 4 members (excludes halogenated alkanes) is 5. The SMILES string of the molecule is CCCCCCC(CCC[O])CCCCC. The second kappa shape index (κ2) is 13.0. The van der Waals surface area contributed by atoms with E-state index in [1.54, 1.807) is 0 Å². The van der Waals surface area contributed by atoms with Gasteiger partial charge in [0.15, 0.2) is 0 Å². The molecular formula is C15H31O. The maximum Gasteiger partial charge on any atom is 0.0822 e. The fraction of sp³-hybridized carbons (Fsp3) is 1.00. The van der Waals surface area contributed by atoms with Gasteiger partial charge in [0.05, 0.1) is 6.61 Å². The van der Waals surface area contributed by atoms with Crippen LogP contribution in [-0.4, -0.2) is 6.61 Å². The van der Waals surface area contributed by atoms with Crippen LogP contribution < -0.4 is 0 Å². The van der Waals surface area contributed by atoms with Gasteiger partial charge in [0.1, 0.15) is 0 Å². The molecule has 1 radical (unpaired) electrons. The average molecular weight is 227 g/mol. The molecule has 16 heavy (non-hydrogen) atoms. The van der Waals surface area contributed by atoms with Crippen molar-refractivity contribution in [2.24, 2.45) is 5.92 Å². The van der Waals surface area contributed by atoms with Gasteiger partial charge in [0.2, 0.25) is 0 Å². The van der Waals surface area contributed by atoms with E-state index in [-0.39, 0.29) is 6.61 Å². The van der Waals surface area contributed by atoms with E-state index in [9.17, 15) is 5.11 Å². The van der Waals surface area contributed by atoms with Crippen molar-refractivity contribution in [2.75, 3.05) is 6.61 Å². The third-order valence-corrected chi connectivity index (χ3v) is 3.44. The highest BCUT2D eigenvalue weighted by atomic mass is 16.2. The Kier molecular flexibility index (Phi) is 13.0. The molecule has 0 saturated carbocycles. The van der Waals surface area contributed by atoms with E-state index in [1.807, 2.05) is 0 Å². The van der Waals surface area contributed by atoms with Crippen molar-refractivity contribution in [3.8, 4) is 0 Å². The van der Waals surface area contributed by atoms with Gasteiger partial charge in [-0.3, -0.25) is 0 Å². The van der Waals surface area contributed by atoms with Gasteiger partial charge in [-0.2, -0.15) is 0 Å². The van der Waals surface area contributed by atoms with E-state index in [2.05, 4.69) is 13.8 Å². The van der Waals surface area contributed by atoms with Crippen molar-refractivity contribution < 1.29 is 5.11 Å². The zero-order valence-corrected chi connectivity index (χ0v) is 11.5. The summed E-state index contributed by atoms with van der Waals surface area (Å²) < 4.78 is 0. The standard InChI is InChI=1S/C15H31O/c1-3-5-7-9-12-15(13-10-14-16)11-8-6-4-2/h15H,3-14H2,1-2H3. The monoisotopic (exact) mass is 227 g/mol. The van der Waals surface area contributed by atoms with Gasteiger partial charge in [-0.05, 0) is 18.8 Å². The maximum atomic E-state index is 10.5. The molecule has 0 N–H and O–H groups in total. The summed E-state index contributed by atoms with van der Waals surface area (Å²) in [6.45, 7) is 4.64. The van der Waals surface area contributed by atoms with Crippen LogP contribution in [0.5, 0.6) is 0 Å². The fourth-order valence-corrected chi connectivity index (χ4v) is 2.35. The van der Waals surface area contributed by atoms with Crippen LogP contribution in [-0.2, 0) is 5.11 Å². The van der Waals surface area contributed by atoms with Crippen LogP contribution in [0.15, 0.2) is 0 Å². The lowest BCUT2D eigenvalue weighted by atomic mass is 9.91. The highest BCUT2D eigenvalue weighted by Crippen LogP contribution is 2.22. The van der Waals surface area contributed by atoms with Crippen LogP contribution in [0, 0.1) is 5.92 Å². The summed E-state index contributed by atoms with van der Waals surface area (Å²) in [4.78, 5) is 0. The summed E-state index contributed by atoms with van der Waals surface area (Å²) in [6, 6.07) is 0. The highest BCUT2D eigenvalue weighted by molar-refractivity contribution is 4.60. The second-order valence-corrected chi connectivity index (χ2v) is 5.06. The van der Waals surface area contributed by atoms with E-state index in [4.69, 9.17) is 0 Å². The Hall–Kier alpha value is -0.0400. The molecule has 0 saturated heterocycles. The van der Waals surface area contributed by atoms with Gasteiger partial charge in [0, 0.05) is 0 Å². The molecule has 1 atom stereocenters. The zero-order valence-electron chi connectivity index (χ0n) is 11.5. The molecule has 0 aromatic carbocycles. The summed E-state index contributed by atoms with van der Waals surface area (Å²) in [7, 11) is 0. The summed E-state index contributed by atoms with van der Waals surface area (Å²) in [5.41, 5.74) is 0. The molecule has 0 heterocycles. The van der Waals surface area contributed by atoms with Crippen LogP contribution in [0.4, 0.5) is 0 Å². The van der Waals surface area contributed by atoms with Crippen LogP contribution in [0.1, 0.15) is 84.5 Å². The predicted octanol–water partition coefficient (Wildman–Crippen LogP) is 5.36. The van der Waals surface area contributed by atoms with Crippen LogP contribution in [0.3, 0.4) is 0 Å². The van der Waals surface area contributed by atoms with Gasteiger partial charge >= 0.3 is 0 Å². The van der Waals surface area contributed by atoms with Crippen molar-refractivity contribution >= 4 is 0 Å². The molecule has 0 rings (SSSR count). The molecule has 1 nitrogen and oxygen atoms in total. The molecule has 0 aromatic rings. The number of rotatable bonds is 12. The third-order valence-electron chi connectivity index (χ3n) is 3.44. The number of hydrogen-bond acceptors (Lipinski definition) is 0. The minimum atomic E-state index is 0.124. The third kappa shape index (κ3) is 10.5. The minimum Gasteiger partial charge on any atom is -0.237 e. The first kappa shape index (κ1) is 16.0. The smallest absolute Gasteiger partial charge is 0.0822 e. The van der Waals surface area contributed by atoms with Gasteiger partial charge in [-0.1, -0.05) is 71.6 Å². The van der Waals surface area contributed by atoms with Crippen molar-refractivity contribution in [3.63, 3.8) is 0 Å². The second-order valence-electron chi connectivity index (χ2n) is 5.06. The summed E-state index contributed by atoms with van der Waals surface area (Å²) in [5.74, 6) is 0.845. The molecule has 0 aliphatic carbocycles. The lowest BCUT2D eigenvalue weighted by Crippen LogP contribution is -2.02. The molecular weight excluding hydrogens is 196 g/mol. The van der Waals surface area contributed by atoms with Gasteiger partial charge in [0.25, 0.3) is 0 Å². The Labute approximate surface area is 103 Å². The topological polar surface area (TPSA) is 19.9 Å². The quantitative estimate of drug-likeness (QED) is 0.400. The van der Waals surface area contributed by atoms with E-state index >= 15 is 0 Å². The molecule has 0 spiro atoms. The number of hydrogen-bond donors (Lipinski definition) is 0.